The molecular weight excluding hydrogens is 463 g/mol. The van der Waals surface area contributed by atoms with Crippen molar-refractivity contribution in [3.05, 3.63) is 72.4 Å². The van der Waals surface area contributed by atoms with E-state index < -0.39 is 5.97 Å². The molecule has 1 atom stereocenters. The fourth-order valence-electron chi connectivity index (χ4n) is 3.64. The molecule has 2 aromatic carbocycles. The molecule has 0 bridgehead atoms. The minimum atomic E-state index is -0.737. The first-order valence-corrected chi connectivity index (χ1v) is 9.29. The zero-order chi connectivity index (χ0) is 19.4. The number of anilines is 1. The minimum absolute atomic E-state index is 0. The van der Waals surface area contributed by atoms with Gasteiger partial charge in [-0.15, -0.1) is 24.0 Å². The van der Waals surface area contributed by atoms with Crippen molar-refractivity contribution in [2.45, 2.75) is 38.6 Å². The quantitative estimate of drug-likeness (QED) is 0.493. The summed E-state index contributed by atoms with van der Waals surface area (Å²) in [6.45, 7) is 7.19. The van der Waals surface area contributed by atoms with Gasteiger partial charge < -0.3 is 10.0 Å². The predicted molar refractivity (Wildman–Crippen MR) is 126 cm³/mol. The lowest BCUT2D eigenvalue weighted by atomic mass is 9.81. The van der Waals surface area contributed by atoms with E-state index >= 15 is 0 Å². The maximum atomic E-state index is 10.7. The Hall–Kier alpha value is -2.15. The number of hydrogen-bond acceptors (Lipinski definition) is 3. The average molecular weight is 490 g/mol. The number of pyridine rings is 1. The molecule has 0 saturated carbocycles. The third kappa shape index (κ3) is 4.63. The molecule has 1 aliphatic rings. The van der Waals surface area contributed by atoms with Gasteiger partial charge in [0.2, 0.25) is 0 Å². The molecule has 148 valence electrons. The lowest BCUT2D eigenvalue weighted by molar-refractivity contribution is -0.136. The minimum Gasteiger partial charge on any atom is -0.481 e. The van der Waals surface area contributed by atoms with Crippen LogP contribution in [0, 0.1) is 0 Å². The average Bonchev–Trinajstić information content (AvgIpc) is 2.87. The number of carbonyl (C=O) groups is 1. The summed E-state index contributed by atoms with van der Waals surface area (Å²) in [5, 5.41) is 10.0. The van der Waals surface area contributed by atoms with Crippen LogP contribution < -0.4 is 4.90 Å². The van der Waals surface area contributed by atoms with Crippen molar-refractivity contribution in [3.8, 4) is 0 Å². The molecule has 4 nitrogen and oxygen atoms in total. The van der Waals surface area contributed by atoms with Crippen LogP contribution in [0.5, 0.6) is 0 Å². The van der Waals surface area contributed by atoms with Gasteiger partial charge in [-0.2, -0.15) is 0 Å². The molecule has 0 spiro atoms. The number of carboxylic acid groups (broad SMARTS) is 1. The molecule has 1 aromatic heterocycles. The van der Waals surface area contributed by atoms with Gasteiger partial charge in [0.15, 0.2) is 0 Å². The van der Waals surface area contributed by atoms with Crippen LogP contribution in [0.25, 0.3) is 10.9 Å². The van der Waals surface area contributed by atoms with Crippen molar-refractivity contribution < 1.29 is 9.90 Å². The van der Waals surface area contributed by atoms with Gasteiger partial charge in [0, 0.05) is 35.3 Å². The van der Waals surface area contributed by atoms with E-state index in [4.69, 9.17) is 5.11 Å². The maximum absolute atomic E-state index is 10.7. The SMILES string of the molecule is CC1N(CCC(=O)O)c2ccccc2C1(C)C.I.c1ccc2ncccc2c1. The number of aliphatic carboxylic acids is 1. The number of halogens is 1. The summed E-state index contributed by atoms with van der Waals surface area (Å²) >= 11 is 0. The summed E-state index contributed by atoms with van der Waals surface area (Å²) < 4.78 is 0. The Labute approximate surface area is 183 Å². The van der Waals surface area contributed by atoms with Crippen molar-refractivity contribution in [1.82, 2.24) is 4.98 Å². The van der Waals surface area contributed by atoms with Gasteiger partial charge >= 0.3 is 5.97 Å². The Morgan fingerprint density at radius 3 is 2.43 bits per heavy atom. The van der Waals surface area contributed by atoms with Crippen LogP contribution in [0.3, 0.4) is 0 Å². The van der Waals surface area contributed by atoms with E-state index in [-0.39, 0.29) is 35.8 Å². The summed E-state index contributed by atoms with van der Waals surface area (Å²) in [5.41, 5.74) is 3.64. The fraction of sp³-hybridized carbons (Fsp3) is 0.304. The molecule has 2 heterocycles. The summed E-state index contributed by atoms with van der Waals surface area (Å²) in [6.07, 6.45) is 2.00. The van der Waals surface area contributed by atoms with Crippen molar-refractivity contribution in [1.29, 1.82) is 0 Å². The number of fused-ring (bicyclic) bond motifs is 2. The van der Waals surface area contributed by atoms with Gasteiger partial charge in [0.1, 0.15) is 0 Å². The predicted octanol–water partition coefficient (Wildman–Crippen LogP) is 5.50. The van der Waals surface area contributed by atoms with Gasteiger partial charge in [-0.25, -0.2) is 0 Å². The van der Waals surface area contributed by atoms with Gasteiger partial charge in [0.05, 0.1) is 11.9 Å². The molecule has 1 N–H and O–H groups in total. The van der Waals surface area contributed by atoms with Gasteiger partial charge in [-0.05, 0) is 30.7 Å². The Balaban J connectivity index is 0.000000217. The van der Waals surface area contributed by atoms with Crippen molar-refractivity contribution in [2.24, 2.45) is 0 Å². The highest BCUT2D eigenvalue weighted by molar-refractivity contribution is 14.0. The summed E-state index contributed by atoms with van der Waals surface area (Å²) in [5.74, 6) is -0.737. The third-order valence-corrected chi connectivity index (χ3v) is 5.50. The van der Waals surface area contributed by atoms with Crippen LogP contribution in [-0.4, -0.2) is 28.6 Å². The van der Waals surface area contributed by atoms with E-state index in [0.717, 1.165) is 5.52 Å². The number of benzene rings is 2. The zero-order valence-corrected chi connectivity index (χ0v) is 18.8. The molecule has 1 unspecified atom stereocenters. The molecule has 0 amide bonds. The number of aromatic nitrogens is 1. The number of para-hydroxylation sites is 2. The van der Waals surface area contributed by atoms with Gasteiger partial charge in [-0.3, -0.25) is 9.78 Å². The number of nitrogens with zero attached hydrogens (tertiary/aromatic N) is 2. The maximum Gasteiger partial charge on any atom is 0.305 e. The Morgan fingerprint density at radius 1 is 1.07 bits per heavy atom. The molecule has 0 fully saturated rings. The topological polar surface area (TPSA) is 53.4 Å². The van der Waals surface area contributed by atoms with Crippen LogP contribution in [0.15, 0.2) is 66.9 Å². The first-order chi connectivity index (χ1) is 12.9. The summed E-state index contributed by atoms with van der Waals surface area (Å²) in [4.78, 5) is 17.1. The molecule has 28 heavy (non-hydrogen) atoms. The van der Waals surface area contributed by atoms with Gasteiger partial charge in [0.25, 0.3) is 0 Å². The molecule has 4 rings (SSSR count). The van der Waals surface area contributed by atoms with Gasteiger partial charge in [-0.1, -0.05) is 56.3 Å². The highest BCUT2D eigenvalue weighted by atomic mass is 127. The standard InChI is InChI=1S/C14H19NO2.C9H7N.HI/c1-10-14(2,3)11-6-4-5-7-12(11)15(10)9-8-13(16)17;1-2-6-9-8(4-1)5-3-7-10-9;/h4-7,10H,8-9H2,1-3H3,(H,16,17);1-7H;1H. The van der Waals surface area contributed by atoms with E-state index in [0.29, 0.717) is 12.6 Å². The van der Waals surface area contributed by atoms with Crippen molar-refractivity contribution in [2.75, 3.05) is 11.4 Å². The summed E-state index contributed by atoms with van der Waals surface area (Å²) in [6, 6.07) is 20.7. The highest BCUT2D eigenvalue weighted by Crippen LogP contribution is 2.44. The van der Waals surface area contributed by atoms with E-state index in [1.165, 1.54) is 16.6 Å². The normalized spacial score (nSPS) is 16.5. The lowest BCUT2D eigenvalue weighted by Crippen LogP contribution is -2.39. The largest absolute Gasteiger partial charge is 0.481 e. The van der Waals surface area contributed by atoms with Crippen LogP contribution in [0.4, 0.5) is 5.69 Å². The van der Waals surface area contributed by atoms with Crippen LogP contribution in [0.2, 0.25) is 0 Å². The lowest BCUT2D eigenvalue weighted by Gasteiger charge is -2.31. The summed E-state index contributed by atoms with van der Waals surface area (Å²) in [7, 11) is 0. The van der Waals surface area contributed by atoms with Crippen molar-refractivity contribution in [3.63, 3.8) is 0 Å². The molecule has 3 aromatic rings. The van der Waals surface area contributed by atoms with E-state index in [1.54, 1.807) is 0 Å². The first kappa shape index (κ1) is 22.1. The molecule has 1 aliphatic heterocycles. The van der Waals surface area contributed by atoms with Crippen molar-refractivity contribution >= 4 is 46.5 Å². The second-order valence-corrected chi connectivity index (χ2v) is 7.45. The molecule has 0 saturated heterocycles. The second kappa shape index (κ2) is 9.37. The number of hydrogen-bond donors (Lipinski definition) is 1. The molecule has 0 radical (unpaired) electrons. The van der Waals surface area contributed by atoms with Crippen LogP contribution in [0.1, 0.15) is 32.8 Å². The second-order valence-electron chi connectivity index (χ2n) is 7.45. The number of rotatable bonds is 3. The Bertz CT molecular complexity index is 877. The molecule has 5 heteroatoms. The van der Waals surface area contributed by atoms with E-state index in [1.807, 2.05) is 42.6 Å². The zero-order valence-electron chi connectivity index (χ0n) is 16.5. The third-order valence-electron chi connectivity index (χ3n) is 5.50. The van der Waals surface area contributed by atoms with E-state index in [2.05, 4.69) is 54.9 Å². The van der Waals surface area contributed by atoms with Crippen LogP contribution in [-0.2, 0) is 10.2 Å². The van der Waals surface area contributed by atoms with E-state index in [9.17, 15) is 4.79 Å². The Morgan fingerprint density at radius 2 is 1.71 bits per heavy atom. The first-order valence-electron chi connectivity index (χ1n) is 9.29. The molecule has 0 aliphatic carbocycles. The smallest absolute Gasteiger partial charge is 0.305 e. The molecular formula is C23H27IN2O2. The number of carboxylic acids is 1. The monoisotopic (exact) mass is 490 g/mol. The van der Waals surface area contributed by atoms with Crippen LogP contribution >= 0.6 is 24.0 Å². The highest BCUT2D eigenvalue weighted by Gasteiger charge is 2.41. The Kier molecular flexibility index (Phi) is 7.41. The fourth-order valence-corrected chi connectivity index (χ4v) is 3.64.